The van der Waals surface area contributed by atoms with Gasteiger partial charge in [0.15, 0.2) is 0 Å². The van der Waals surface area contributed by atoms with Gasteiger partial charge >= 0.3 is 0 Å². The van der Waals surface area contributed by atoms with Crippen molar-refractivity contribution >= 4 is 22.4 Å². The summed E-state index contributed by atoms with van der Waals surface area (Å²) in [4.78, 5) is 0. The first kappa shape index (κ1) is 14.9. The van der Waals surface area contributed by atoms with Gasteiger partial charge in [0.05, 0.1) is 0 Å². The van der Waals surface area contributed by atoms with Crippen molar-refractivity contribution in [1.29, 1.82) is 0 Å². The Bertz CT molecular complexity index is 647. The van der Waals surface area contributed by atoms with Crippen molar-refractivity contribution in [3.63, 3.8) is 0 Å². The maximum absolute atomic E-state index is 6.37. The molecule has 1 fully saturated rings. The van der Waals surface area contributed by atoms with Crippen LogP contribution in [0.3, 0.4) is 0 Å². The van der Waals surface area contributed by atoms with E-state index in [2.05, 4.69) is 62.5 Å². The summed E-state index contributed by atoms with van der Waals surface area (Å²) in [6.07, 6.45) is 2.46. The molecule has 2 atom stereocenters. The van der Waals surface area contributed by atoms with Crippen LogP contribution in [0.5, 0.6) is 0 Å². The second-order valence-corrected chi connectivity index (χ2v) is 7.32. The van der Waals surface area contributed by atoms with E-state index in [1.54, 1.807) is 0 Å². The minimum atomic E-state index is 0.433. The molecule has 1 aliphatic carbocycles. The van der Waals surface area contributed by atoms with Crippen molar-refractivity contribution in [2.75, 3.05) is 6.54 Å². The molecule has 2 aromatic carbocycles. The first-order valence-corrected chi connectivity index (χ1v) is 8.33. The second kappa shape index (κ2) is 5.62. The first-order valence-electron chi connectivity index (χ1n) is 7.95. The number of halogens is 1. The molecule has 21 heavy (non-hydrogen) atoms. The molecule has 1 aliphatic rings. The van der Waals surface area contributed by atoms with Crippen LogP contribution in [-0.4, -0.2) is 6.54 Å². The van der Waals surface area contributed by atoms with Crippen molar-refractivity contribution in [3.8, 4) is 0 Å². The summed E-state index contributed by atoms with van der Waals surface area (Å²) in [6.45, 7) is 8.03. The van der Waals surface area contributed by atoms with Crippen molar-refractivity contribution in [1.82, 2.24) is 5.32 Å². The number of nitrogens with one attached hydrogen (secondary N) is 1. The molecule has 0 heterocycles. The predicted octanol–water partition coefficient (Wildman–Crippen LogP) is 5.58. The Labute approximate surface area is 132 Å². The van der Waals surface area contributed by atoms with Crippen LogP contribution in [0.25, 0.3) is 10.8 Å². The lowest BCUT2D eigenvalue weighted by Gasteiger charge is -2.23. The highest BCUT2D eigenvalue weighted by atomic mass is 35.5. The summed E-state index contributed by atoms with van der Waals surface area (Å²) in [5, 5.41) is 7.08. The Hall–Kier alpha value is -1.05. The van der Waals surface area contributed by atoms with E-state index in [1.807, 2.05) is 0 Å². The molecule has 0 amide bonds. The third-order valence-electron chi connectivity index (χ3n) is 4.85. The third kappa shape index (κ3) is 2.82. The topological polar surface area (TPSA) is 12.0 Å². The molecule has 0 radical (unpaired) electrons. The average Bonchev–Trinajstić information content (AvgIpc) is 3.10. The molecule has 0 aromatic heterocycles. The Balaban J connectivity index is 2.05. The van der Waals surface area contributed by atoms with Gasteiger partial charge in [0.1, 0.15) is 0 Å². The third-order valence-corrected chi connectivity index (χ3v) is 5.18. The van der Waals surface area contributed by atoms with Gasteiger partial charge in [-0.3, -0.25) is 0 Å². The molecule has 1 saturated carbocycles. The molecular formula is C19H24ClN. The van der Waals surface area contributed by atoms with Crippen LogP contribution >= 0.6 is 11.6 Å². The fourth-order valence-electron chi connectivity index (χ4n) is 3.40. The number of rotatable bonds is 5. The lowest BCUT2D eigenvalue weighted by atomic mass is 9.92. The van der Waals surface area contributed by atoms with Crippen molar-refractivity contribution in [2.24, 2.45) is 11.3 Å². The maximum atomic E-state index is 6.37. The molecule has 1 nitrogen and oxygen atoms in total. The Kier molecular flexibility index (Phi) is 3.98. The molecule has 112 valence electrons. The number of benzene rings is 2. The van der Waals surface area contributed by atoms with Crippen molar-refractivity contribution < 1.29 is 0 Å². The number of fused-ring (bicyclic) bond motifs is 1. The lowest BCUT2D eigenvalue weighted by molar-refractivity contribution is 0.418. The Morgan fingerprint density at radius 1 is 1.19 bits per heavy atom. The molecule has 0 bridgehead atoms. The number of hydrogen-bond acceptors (Lipinski definition) is 1. The highest BCUT2D eigenvalue weighted by Gasteiger charge is 2.50. The van der Waals surface area contributed by atoms with E-state index in [9.17, 15) is 0 Å². The zero-order chi connectivity index (χ0) is 15.0. The van der Waals surface area contributed by atoms with Crippen LogP contribution in [0.2, 0.25) is 5.02 Å². The monoisotopic (exact) mass is 301 g/mol. The average molecular weight is 302 g/mol. The van der Waals surface area contributed by atoms with Gasteiger partial charge in [0.25, 0.3) is 0 Å². The van der Waals surface area contributed by atoms with Crippen molar-refractivity contribution in [3.05, 3.63) is 47.0 Å². The van der Waals surface area contributed by atoms with E-state index in [-0.39, 0.29) is 0 Å². The SMILES string of the molecule is CCCNC(c1ccc(Cl)c2ccccc12)C1CC1(C)C. The summed E-state index contributed by atoms with van der Waals surface area (Å²) >= 11 is 6.37. The quantitative estimate of drug-likeness (QED) is 0.760. The van der Waals surface area contributed by atoms with Gasteiger partial charge in [0.2, 0.25) is 0 Å². The molecule has 2 aromatic rings. The minimum Gasteiger partial charge on any atom is -0.310 e. The van der Waals surface area contributed by atoms with Crippen LogP contribution < -0.4 is 5.32 Å². The fourth-order valence-corrected chi connectivity index (χ4v) is 3.63. The molecule has 2 heteroatoms. The van der Waals surface area contributed by atoms with Gasteiger partial charge in [-0.2, -0.15) is 0 Å². The van der Waals surface area contributed by atoms with E-state index < -0.39 is 0 Å². The van der Waals surface area contributed by atoms with Crippen LogP contribution in [-0.2, 0) is 0 Å². The van der Waals surface area contributed by atoms with Crippen molar-refractivity contribution in [2.45, 2.75) is 39.7 Å². The Morgan fingerprint density at radius 2 is 1.86 bits per heavy atom. The molecule has 2 unspecified atom stereocenters. The minimum absolute atomic E-state index is 0.433. The van der Waals surface area contributed by atoms with E-state index in [0.29, 0.717) is 17.4 Å². The standard InChI is InChI=1S/C19H24ClN/c1-4-11-21-18(16-12-19(16,2)3)15-9-10-17(20)14-8-6-5-7-13(14)15/h5-10,16,18,21H,4,11-12H2,1-3H3. The fraction of sp³-hybridized carbons (Fsp3) is 0.474. The Morgan fingerprint density at radius 3 is 2.48 bits per heavy atom. The zero-order valence-electron chi connectivity index (χ0n) is 13.1. The van der Waals surface area contributed by atoms with Gasteiger partial charge in [0, 0.05) is 16.5 Å². The highest BCUT2D eigenvalue weighted by Crippen LogP contribution is 2.58. The normalized spacial score (nSPS) is 21.4. The summed E-state index contributed by atoms with van der Waals surface area (Å²) in [5.74, 6) is 0.716. The van der Waals surface area contributed by atoms with Crippen LogP contribution in [0.15, 0.2) is 36.4 Å². The van der Waals surface area contributed by atoms with Crippen LogP contribution in [0, 0.1) is 11.3 Å². The van der Waals surface area contributed by atoms with Gasteiger partial charge in [-0.25, -0.2) is 0 Å². The van der Waals surface area contributed by atoms with Gasteiger partial charge in [-0.1, -0.05) is 62.7 Å². The number of hydrogen-bond donors (Lipinski definition) is 1. The van der Waals surface area contributed by atoms with E-state index in [0.717, 1.165) is 18.0 Å². The molecule has 0 spiro atoms. The van der Waals surface area contributed by atoms with Gasteiger partial charge in [-0.05, 0) is 47.7 Å². The smallest absolute Gasteiger partial charge is 0.0484 e. The largest absolute Gasteiger partial charge is 0.310 e. The maximum Gasteiger partial charge on any atom is 0.0484 e. The van der Waals surface area contributed by atoms with Gasteiger partial charge in [-0.15, -0.1) is 0 Å². The van der Waals surface area contributed by atoms with Gasteiger partial charge < -0.3 is 5.32 Å². The van der Waals surface area contributed by atoms with Crippen LogP contribution in [0.1, 0.15) is 45.2 Å². The summed E-state index contributed by atoms with van der Waals surface area (Å²) in [6, 6.07) is 13.2. The lowest BCUT2D eigenvalue weighted by Crippen LogP contribution is -2.25. The van der Waals surface area contributed by atoms with E-state index in [1.165, 1.54) is 22.8 Å². The molecule has 0 aliphatic heterocycles. The highest BCUT2D eigenvalue weighted by molar-refractivity contribution is 6.35. The molecule has 1 N–H and O–H groups in total. The molecule has 3 rings (SSSR count). The second-order valence-electron chi connectivity index (χ2n) is 6.91. The molecule has 0 saturated heterocycles. The first-order chi connectivity index (χ1) is 10.0. The summed E-state index contributed by atoms with van der Waals surface area (Å²) in [7, 11) is 0. The van der Waals surface area contributed by atoms with E-state index >= 15 is 0 Å². The van der Waals surface area contributed by atoms with Crippen LogP contribution in [0.4, 0.5) is 0 Å². The summed E-state index contributed by atoms with van der Waals surface area (Å²) < 4.78 is 0. The van der Waals surface area contributed by atoms with E-state index in [4.69, 9.17) is 11.6 Å². The zero-order valence-corrected chi connectivity index (χ0v) is 13.9. The molecular weight excluding hydrogens is 278 g/mol. The summed E-state index contributed by atoms with van der Waals surface area (Å²) in [5.41, 5.74) is 1.85. The predicted molar refractivity (Wildman–Crippen MR) is 91.9 cm³/mol.